The molecule has 4 rings (SSSR count). The number of nitrogen functional groups attached to an aromatic ring is 1. The molecule has 208 valence electrons. The van der Waals surface area contributed by atoms with Crippen molar-refractivity contribution < 1.29 is 38.1 Å². The number of nitrogens with zero attached hydrogens (tertiary/aromatic N) is 3. The third-order valence-electron chi connectivity index (χ3n) is 6.44. The first-order chi connectivity index (χ1) is 18.5. The Kier molecular flexibility index (Phi) is 7.99. The Hall–Kier alpha value is -3.50. The lowest BCUT2D eigenvalue weighted by molar-refractivity contribution is -0.144. The van der Waals surface area contributed by atoms with E-state index in [2.05, 4.69) is 10.2 Å². The fourth-order valence-electron chi connectivity index (χ4n) is 4.37. The van der Waals surface area contributed by atoms with Crippen molar-refractivity contribution in [3.8, 4) is 11.8 Å². The Morgan fingerprint density at radius 3 is 2.72 bits per heavy atom. The molecule has 3 heterocycles. The number of carbonyl (C=O) groups excluding carboxylic acids is 1. The number of nitrogens with two attached hydrogens (primary N) is 1. The number of aromatic nitrogens is 2. The molecule has 1 aliphatic heterocycles. The highest BCUT2D eigenvalue weighted by Crippen LogP contribution is 2.50. The van der Waals surface area contributed by atoms with E-state index in [9.17, 15) is 24.8 Å². The second kappa shape index (κ2) is 10.9. The first-order valence-corrected chi connectivity index (χ1v) is 13.7. The van der Waals surface area contributed by atoms with Crippen molar-refractivity contribution in [2.45, 2.75) is 50.2 Å². The van der Waals surface area contributed by atoms with Gasteiger partial charge in [-0.1, -0.05) is 18.2 Å². The van der Waals surface area contributed by atoms with Crippen LogP contribution in [0.2, 0.25) is 0 Å². The Morgan fingerprint density at radius 1 is 1.33 bits per heavy atom. The van der Waals surface area contributed by atoms with Gasteiger partial charge in [0.25, 0.3) is 0 Å². The highest BCUT2D eigenvalue weighted by atomic mass is 31.2. The topological polar surface area (TPSA) is 191 Å². The van der Waals surface area contributed by atoms with Crippen LogP contribution in [-0.4, -0.2) is 62.9 Å². The van der Waals surface area contributed by atoms with Crippen molar-refractivity contribution in [3.05, 3.63) is 60.4 Å². The number of hydrogen-bond donors (Lipinski definition) is 4. The molecule has 39 heavy (non-hydrogen) atoms. The number of carbonyl (C=O) groups is 1. The smallest absolute Gasteiger partial charge is 0.459 e. The molecule has 6 atom stereocenters. The summed E-state index contributed by atoms with van der Waals surface area (Å²) in [5.41, 5.74) is 2.71. The Morgan fingerprint density at radius 2 is 2.05 bits per heavy atom. The van der Waals surface area contributed by atoms with Crippen LogP contribution < -0.4 is 15.3 Å². The van der Waals surface area contributed by atoms with Crippen molar-refractivity contribution in [3.63, 3.8) is 0 Å². The van der Waals surface area contributed by atoms with E-state index in [1.54, 1.807) is 37.3 Å². The Bertz CT molecular complexity index is 1420. The maximum Gasteiger partial charge on any atom is 0.459 e. The normalized spacial score (nSPS) is 27.0. The lowest BCUT2D eigenvalue weighted by Gasteiger charge is -2.33. The molecule has 13 nitrogen and oxygen atoms in total. The number of nitriles is 1. The predicted molar refractivity (Wildman–Crippen MR) is 138 cm³/mol. The van der Waals surface area contributed by atoms with Crippen molar-refractivity contribution in [2.24, 2.45) is 0 Å². The number of nitrogens with one attached hydrogen (secondary N) is 1. The number of anilines is 1. The number of para-hydroxylation sites is 1. The molecule has 1 fully saturated rings. The second-order valence-corrected chi connectivity index (χ2v) is 10.8. The molecule has 1 unspecified atom stereocenters. The molecule has 0 amide bonds. The van der Waals surface area contributed by atoms with Crippen molar-refractivity contribution in [1.29, 1.82) is 5.26 Å². The summed E-state index contributed by atoms with van der Waals surface area (Å²) in [5, 5.41) is 39.4. The summed E-state index contributed by atoms with van der Waals surface area (Å²) < 4.78 is 37.2. The molecular formula is C25H30N5O8P. The average molecular weight is 560 g/mol. The van der Waals surface area contributed by atoms with Crippen LogP contribution in [0.3, 0.4) is 0 Å². The third-order valence-corrected chi connectivity index (χ3v) is 8.09. The third kappa shape index (κ3) is 5.23. The highest BCUT2D eigenvalue weighted by Gasteiger charge is 2.65. The van der Waals surface area contributed by atoms with Crippen molar-refractivity contribution >= 4 is 24.9 Å². The summed E-state index contributed by atoms with van der Waals surface area (Å²) in [6.07, 6.45) is -1.60. The molecule has 0 saturated carbocycles. The van der Waals surface area contributed by atoms with Crippen LogP contribution in [-0.2, 0) is 29.0 Å². The minimum absolute atomic E-state index is 0.109. The van der Waals surface area contributed by atoms with E-state index < -0.39 is 49.8 Å². The largest absolute Gasteiger partial charge is 0.465 e. The summed E-state index contributed by atoms with van der Waals surface area (Å²) in [4.78, 5) is 12.2. The standard InChI is InChI=1S/C25H30N5O8P/c1-4-35-23(32)16(2)29-39(34,38-17-8-6-5-7-9-17)36-14-20-22(31)24(3,33)25(15-26,37-20)21-11-10-19-18(27)12-13-28-30(19)21/h5-13,16,20,22,31,33H,4,14,27H2,1-3H3,(H,29,34)/t16-,20+,22+,24+,25-,39?/m0/s1. The van der Waals surface area contributed by atoms with Gasteiger partial charge in [0.1, 0.15) is 35.7 Å². The molecule has 0 radical (unpaired) electrons. The molecule has 0 spiro atoms. The first-order valence-electron chi connectivity index (χ1n) is 12.1. The van der Waals surface area contributed by atoms with Gasteiger partial charge in [0.15, 0.2) is 0 Å². The van der Waals surface area contributed by atoms with Gasteiger partial charge in [0, 0.05) is 6.20 Å². The van der Waals surface area contributed by atoms with Gasteiger partial charge in [-0.15, -0.1) is 0 Å². The molecule has 0 aliphatic carbocycles. The molecule has 1 aliphatic rings. The van der Waals surface area contributed by atoms with Crippen LogP contribution in [0.5, 0.6) is 5.75 Å². The average Bonchev–Trinajstić information content (AvgIpc) is 3.42. The van der Waals surface area contributed by atoms with Gasteiger partial charge in [-0.2, -0.15) is 15.4 Å². The van der Waals surface area contributed by atoms with Gasteiger partial charge in [-0.05, 0) is 51.1 Å². The second-order valence-electron chi connectivity index (χ2n) is 9.14. The van der Waals surface area contributed by atoms with Crippen LogP contribution >= 0.6 is 7.75 Å². The lowest BCUT2D eigenvalue weighted by Crippen LogP contribution is -2.52. The highest BCUT2D eigenvalue weighted by molar-refractivity contribution is 7.52. The van der Waals surface area contributed by atoms with Crippen LogP contribution in [0.4, 0.5) is 5.69 Å². The minimum Gasteiger partial charge on any atom is -0.465 e. The van der Waals surface area contributed by atoms with Gasteiger partial charge >= 0.3 is 13.7 Å². The van der Waals surface area contributed by atoms with E-state index in [1.165, 1.54) is 42.8 Å². The molecule has 2 aromatic heterocycles. The summed E-state index contributed by atoms with van der Waals surface area (Å²) in [7, 11) is -4.29. The fraction of sp³-hybridized carbons (Fsp3) is 0.400. The summed E-state index contributed by atoms with van der Waals surface area (Å²) in [6, 6.07) is 13.7. The van der Waals surface area contributed by atoms with Crippen LogP contribution in [0.1, 0.15) is 26.5 Å². The minimum atomic E-state index is -4.29. The molecule has 5 N–H and O–H groups in total. The molecule has 1 saturated heterocycles. The molecule has 3 aromatic rings. The van der Waals surface area contributed by atoms with Gasteiger partial charge in [0.05, 0.1) is 30.1 Å². The van der Waals surface area contributed by atoms with Crippen molar-refractivity contribution in [1.82, 2.24) is 14.7 Å². The van der Waals surface area contributed by atoms with Crippen LogP contribution in [0, 0.1) is 11.3 Å². The Labute approximate surface area is 224 Å². The zero-order valence-corrected chi connectivity index (χ0v) is 22.4. The van der Waals surface area contributed by atoms with Gasteiger partial charge in [-0.25, -0.2) is 9.08 Å². The van der Waals surface area contributed by atoms with Gasteiger partial charge in [-0.3, -0.25) is 9.32 Å². The number of rotatable bonds is 10. The van der Waals surface area contributed by atoms with E-state index in [0.717, 1.165) is 0 Å². The quantitative estimate of drug-likeness (QED) is 0.209. The van der Waals surface area contributed by atoms with E-state index in [1.807, 2.05) is 6.07 Å². The van der Waals surface area contributed by atoms with Gasteiger partial charge in [0.2, 0.25) is 5.60 Å². The number of benzene rings is 1. The van der Waals surface area contributed by atoms with Crippen LogP contribution in [0.15, 0.2) is 54.7 Å². The maximum atomic E-state index is 13.7. The van der Waals surface area contributed by atoms with Crippen molar-refractivity contribution in [2.75, 3.05) is 18.9 Å². The summed E-state index contributed by atoms with van der Waals surface area (Å²) in [6.45, 7) is 3.81. The van der Waals surface area contributed by atoms with E-state index in [4.69, 9.17) is 24.3 Å². The Balaban J connectivity index is 1.62. The summed E-state index contributed by atoms with van der Waals surface area (Å²) >= 11 is 0. The number of hydrogen-bond acceptors (Lipinski definition) is 11. The number of aliphatic hydroxyl groups is 2. The maximum absolute atomic E-state index is 13.7. The monoisotopic (exact) mass is 559 g/mol. The van der Waals surface area contributed by atoms with Crippen LogP contribution in [0.25, 0.3) is 5.52 Å². The number of ether oxygens (including phenoxy) is 2. The van der Waals surface area contributed by atoms with E-state index in [0.29, 0.717) is 11.2 Å². The fourth-order valence-corrected chi connectivity index (χ4v) is 5.87. The molecule has 14 heteroatoms. The lowest BCUT2D eigenvalue weighted by atomic mass is 9.80. The first kappa shape index (κ1) is 28.5. The number of fused-ring (bicyclic) bond motifs is 1. The number of aliphatic hydroxyl groups excluding tert-OH is 1. The zero-order valence-electron chi connectivity index (χ0n) is 21.6. The molecule has 1 aromatic carbocycles. The van der Waals surface area contributed by atoms with E-state index in [-0.39, 0.29) is 18.1 Å². The number of esters is 1. The predicted octanol–water partition coefficient (Wildman–Crippen LogP) is 1.89. The van der Waals surface area contributed by atoms with E-state index >= 15 is 0 Å². The summed E-state index contributed by atoms with van der Waals surface area (Å²) in [5.74, 6) is -0.507. The molecule has 0 bridgehead atoms. The molecular weight excluding hydrogens is 529 g/mol. The zero-order chi connectivity index (χ0) is 28.4. The SMILES string of the molecule is CCOC(=O)[C@H](C)NP(=O)(OC[C@H]1O[C@@](C#N)(c2ccc3c(N)ccnn23)[C@](C)(O)[C@@H]1O)Oc1ccccc1. The van der Waals surface area contributed by atoms with Gasteiger partial charge < -0.3 is 29.9 Å².